The molecule has 0 aliphatic carbocycles. The van der Waals surface area contributed by atoms with Gasteiger partial charge in [-0.25, -0.2) is 9.97 Å². The summed E-state index contributed by atoms with van der Waals surface area (Å²) in [5, 5.41) is 0.601. The highest BCUT2D eigenvalue weighted by Gasteiger charge is 2.35. The van der Waals surface area contributed by atoms with Crippen molar-refractivity contribution in [3.05, 3.63) is 18.0 Å². The van der Waals surface area contributed by atoms with Crippen molar-refractivity contribution in [2.75, 3.05) is 25.9 Å². The second kappa shape index (κ2) is 8.29. The number of rotatable bonds is 6. The minimum atomic E-state index is -0.319. The van der Waals surface area contributed by atoms with E-state index in [-0.39, 0.29) is 23.6 Å². The number of aryl methyl sites for hydroxylation is 1. The van der Waals surface area contributed by atoms with Gasteiger partial charge in [-0.2, -0.15) is 0 Å². The zero-order chi connectivity index (χ0) is 16.8. The zero-order valence-corrected chi connectivity index (χ0v) is 14.8. The van der Waals surface area contributed by atoms with Crippen LogP contribution >= 0.6 is 11.8 Å². The summed E-state index contributed by atoms with van der Waals surface area (Å²) in [4.78, 5) is 36.8. The molecule has 6 nitrogen and oxygen atoms in total. The van der Waals surface area contributed by atoms with Crippen LogP contribution in [0.3, 0.4) is 0 Å². The molecule has 126 valence electrons. The van der Waals surface area contributed by atoms with Crippen LogP contribution in [-0.2, 0) is 9.59 Å². The van der Waals surface area contributed by atoms with Gasteiger partial charge in [-0.1, -0.05) is 31.5 Å². The van der Waals surface area contributed by atoms with Gasteiger partial charge in [-0.05, 0) is 19.4 Å². The van der Waals surface area contributed by atoms with Gasteiger partial charge in [0.15, 0.2) is 5.16 Å². The van der Waals surface area contributed by atoms with Gasteiger partial charge in [0.05, 0.1) is 5.75 Å². The molecule has 7 heteroatoms. The van der Waals surface area contributed by atoms with E-state index in [1.807, 2.05) is 13.0 Å². The smallest absolute Gasteiger partial charge is 0.245 e. The topological polar surface area (TPSA) is 66.4 Å². The van der Waals surface area contributed by atoms with Gasteiger partial charge in [0.25, 0.3) is 0 Å². The Hall–Kier alpha value is -1.63. The second-order valence-electron chi connectivity index (χ2n) is 5.77. The predicted molar refractivity (Wildman–Crippen MR) is 90.2 cm³/mol. The largest absolute Gasteiger partial charge is 0.342 e. The summed E-state index contributed by atoms with van der Waals surface area (Å²) in [5.41, 5.74) is 0.880. The van der Waals surface area contributed by atoms with Crippen LogP contribution in [0.4, 0.5) is 0 Å². The van der Waals surface area contributed by atoms with Crippen molar-refractivity contribution in [2.24, 2.45) is 0 Å². The molecule has 0 spiro atoms. The normalized spacial score (nSPS) is 18.4. The van der Waals surface area contributed by atoms with Gasteiger partial charge in [0, 0.05) is 32.0 Å². The number of thioether (sulfide) groups is 1. The molecule has 1 aromatic heterocycles. The summed E-state index contributed by atoms with van der Waals surface area (Å²) in [5.74, 6) is 0.306. The molecule has 23 heavy (non-hydrogen) atoms. The van der Waals surface area contributed by atoms with Crippen LogP contribution < -0.4 is 0 Å². The first-order valence-corrected chi connectivity index (χ1v) is 8.98. The van der Waals surface area contributed by atoms with Gasteiger partial charge in [-0.15, -0.1) is 0 Å². The Bertz CT molecular complexity index is 567. The summed E-state index contributed by atoms with van der Waals surface area (Å²) >= 11 is 1.33. The van der Waals surface area contributed by atoms with E-state index in [4.69, 9.17) is 0 Å². The van der Waals surface area contributed by atoms with Crippen molar-refractivity contribution in [1.82, 2.24) is 19.8 Å². The average molecular weight is 336 g/mol. The molecule has 2 heterocycles. The number of hydrogen-bond donors (Lipinski definition) is 0. The number of amides is 2. The van der Waals surface area contributed by atoms with Gasteiger partial charge in [0.2, 0.25) is 11.8 Å². The molecule has 1 aliphatic rings. The van der Waals surface area contributed by atoms with Crippen molar-refractivity contribution < 1.29 is 9.59 Å². The quantitative estimate of drug-likeness (QED) is 0.585. The molecule has 1 aliphatic heterocycles. The van der Waals surface area contributed by atoms with Gasteiger partial charge < -0.3 is 9.80 Å². The Morgan fingerprint density at radius 1 is 1.43 bits per heavy atom. The highest BCUT2D eigenvalue weighted by atomic mass is 32.2. The highest BCUT2D eigenvalue weighted by Crippen LogP contribution is 2.19. The standard InChI is InChI=1S/C16H24N4O2S/c1-4-5-6-13-15(22)19(3)9-10-20(13)14(21)11-23-16-17-8-7-12(2)18-16/h7-8,13H,4-6,9-11H2,1-3H3. The Labute approximate surface area is 141 Å². The maximum Gasteiger partial charge on any atom is 0.245 e. The fourth-order valence-electron chi connectivity index (χ4n) is 2.59. The van der Waals surface area contributed by atoms with Crippen LogP contribution in [0.15, 0.2) is 17.4 Å². The number of likely N-dealkylation sites (N-methyl/N-ethyl adjacent to an activating group) is 1. The molecular formula is C16H24N4O2S. The molecule has 1 unspecified atom stereocenters. The number of nitrogens with zero attached hydrogens (tertiary/aromatic N) is 4. The molecule has 0 saturated carbocycles. The number of carbonyl (C=O) groups is 2. The van der Waals surface area contributed by atoms with Crippen LogP contribution in [0.5, 0.6) is 0 Å². The lowest BCUT2D eigenvalue weighted by Gasteiger charge is -2.39. The van der Waals surface area contributed by atoms with Crippen molar-refractivity contribution in [1.29, 1.82) is 0 Å². The van der Waals surface area contributed by atoms with Gasteiger partial charge >= 0.3 is 0 Å². The Balaban J connectivity index is 1.99. The Morgan fingerprint density at radius 2 is 2.22 bits per heavy atom. The molecule has 0 bridgehead atoms. The lowest BCUT2D eigenvalue weighted by Crippen LogP contribution is -2.57. The van der Waals surface area contributed by atoms with Gasteiger partial charge in [-0.3, -0.25) is 9.59 Å². The average Bonchev–Trinajstić information content (AvgIpc) is 2.54. The lowest BCUT2D eigenvalue weighted by molar-refractivity contribution is -0.149. The van der Waals surface area contributed by atoms with Crippen molar-refractivity contribution in [2.45, 2.75) is 44.3 Å². The minimum absolute atomic E-state index is 0.0114. The first-order valence-electron chi connectivity index (χ1n) is 7.99. The van der Waals surface area contributed by atoms with Crippen molar-refractivity contribution in [3.8, 4) is 0 Å². The zero-order valence-electron chi connectivity index (χ0n) is 14.0. The summed E-state index contributed by atoms with van der Waals surface area (Å²) in [7, 11) is 1.80. The second-order valence-corrected chi connectivity index (χ2v) is 6.72. The summed E-state index contributed by atoms with van der Waals surface area (Å²) < 4.78 is 0. The lowest BCUT2D eigenvalue weighted by atomic mass is 10.0. The molecule has 2 rings (SSSR count). The summed E-state index contributed by atoms with van der Waals surface area (Å²) in [6.07, 6.45) is 4.39. The highest BCUT2D eigenvalue weighted by molar-refractivity contribution is 7.99. The van der Waals surface area contributed by atoms with E-state index >= 15 is 0 Å². The van der Waals surface area contributed by atoms with E-state index in [0.29, 0.717) is 18.2 Å². The third-order valence-corrected chi connectivity index (χ3v) is 4.81. The fraction of sp³-hybridized carbons (Fsp3) is 0.625. The summed E-state index contributed by atoms with van der Waals surface area (Å²) in [6, 6.07) is 1.51. The SMILES string of the molecule is CCCCC1C(=O)N(C)CCN1C(=O)CSc1nccc(C)n1. The molecule has 1 aromatic rings. The van der Waals surface area contributed by atoms with E-state index in [9.17, 15) is 9.59 Å². The number of carbonyl (C=O) groups excluding carboxylic acids is 2. The molecule has 0 radical (unpaired) electrons. The minimum Gasteiger partial charge on any atom is -0.342 e. The van der Waals surface area contributed by atoms with E-state index in [1.165, 1.54) is 11.8 Å². The maximum atomic E-state index is 12.6. The van der Waals surface area contributed by atoms with Crippen LogP contribution in [-0.4, -0.2) is 63.5 Å². The van der Waals surface area contributed by atoms with Crippen molar-refractivity contribution >= 4 is 23.6 Å². The Kier molecular flexibility index (Phi) is 6.38. The Morgan fingerprint density at radius 3 is 2.91 bits per heavy atom. The molecular weight excluding hydrogens is 312 g/mol. The fourth-order valence-corrected chi connectivity index (χ4v) is 3.35. The maximum absolute atomic E-state index is 12.6. The first kappa shape index (κ1) is 17.7. The number of piperazine rings is 1. The molecule has 2 amide bonds. The molecule has 1 atom stereocenters. The number of hydrogen-bond acceptors (Lipinski definition) is 5. The van der Waals surface area contributed by atoms with Crippen LogP contribution in [0, 0.1) is 6.92 Å². The monoisotopic (exact) mass is 336 g/mol. The van der Waals surface area contributed by atoms with E-state index in [1.54, 1.807) is 23.0 Å². The third kappa shape index (κ3) is 4.67. The van der Waals surface area contributed by atoms with E-state index < -0.39 is 0 Å². The third-order valence-electron chi connectivity index (χ3n) is 3.96. The molecule has 0 aromatic carbocycles. The molecule has 0 N–H and O–H groups in total. The molecule has 1 saturated heterocycles. The van der Waals surface area contributed by atoms with Crippen LogP contribution in [0.25, 0.3) is 0 Å². The summed E-state index contributed by atoms with van der Waals surface area (Å²) in [6.45, 7) is 5.19. The van der Waals surface area contributed by atoms with Crippen LogP contribution in [0.1, 0.15) is 31.9 Å². The van der Waals surface area contributed by atoms with Gasteiger partial charge in [0.1, 0.15) is 6.04 Å². The number of unbranched alkanes of at least 4 members (excludes halogenated alkanes) is 1. The van der Waals surface area contributed by atoms with Crippen LogP contribution in [0.2, 0.25) is 0 Å². The van der Waals surface area contributed by atoms with Crippen molar-refractivity contribution in [3.63, 3.8) is 0 Å². The van der Waals surface area contributed by atoms with E-state index in [2.05, 4.69) is 16.9 Å². The predicted octanol–water partition coefficient (Wildman–Crippen LogP) is 1.74. The number of aromatic nitrogens is 2. The van der Waals surface area contributed by atoms with E-state index in [0.717, 1.165) is 25.0 Å². The molecule has 1 fully saturated rings. The first-order chi connectivity index (χ1) is 11.0.